The Kier molecular flexibility index (Phi) is 6.30. The van der Waals surface area contributed by atoms with E-state index < -0.39 is 0 Å². The van der Waals surface area contributed by atoms with E-state index in [0.717, 1.165) is 5.56 Å². The van der Waals surface area contributed by atoms with Gasteiger partial charge in [-0.3, -0.25) is 4.79 Å². The molecule has 138 valence electrons. The Morgan fingerprint density at radius 3 is 2.50 bits per heavy atom. The van der Waals surface area contributed by atoms with Crippen molar-refractivity contribution in [2.75, 3.05) is 5.32 Å². The number of nitrogens with zero attached hydrogens (tertiary/aromatic N) is 1. The largest absolute Gasteiger partial charge is 0.459 e. The van der Waals surface area contributed by atoms with Crippen LogP contribution in [0.2, 0.25) is 0 Å². The average molecular weight is 354 g/mol. The van der Waals surface area contributed by atoms with Crippen LogP contribution < -0.4 is 16.4 Å². The Morgan fingerprint density at radius 2 is 1.85 bits per heavy atom. The van der Waals surface area contributed by atoms with Crippen LogP contribution in [0.15, 0.2) is 52.1 Å². The van der Waals surface area contributed by atoms with E-state index in [2.05, 4.69) is 15.6 Å². The third kappa shape index (κ3) is 5.37. The summed E-state index contributed by atoms with van der Waals surface area (Å²) in [6.45, 7) is 0.512. The molecule has 1 aromatic heterocycles. The van der Waals surface area contributed by atoms with Crippen LogP contribution in [0, 0.1) is 0 Å². The molecule has 0 spiro atoms. The van der Waals surface area contributed by atoms with E-state index >= 15 is 0 Å². The Balaban J connectivity index is 1.49. The van der Waals surface area contributed by atoms with E-state index in [1.807, 2.05) is 24.3 Å². The van der Waals surface area contributed by atoms with Gasteiger partial charge in [-0.15, -0.1) is 0 Å². The maximum Gasteiger partial charge on any atom is 0.291 e. The molecule has 1 heterocycles. The van der Waals surface area contributed by atoms with Gasteiger partial charge in [-0.25, -0.2) is 4.99 Å². The second-order valence-electron chi connectivity index (χ2n) is 6.66. The average Bonchev–Trinajstić information content (AvgIpc) is 3.07. The zero-order valence-corrected chi connectivity index (χ0v) is 14.9. The van der Waals surface area contributed by atoms with Gasteiger partial charge in [-0.05, 0) is 42.7 Å². The fourth-order valence-electron chi connectivity index (χ4n) is 3.15. The lowest BCUT2D eigenvalue weighted by molar-refractivity contribution is 0.0996. The van der Waals surface area contributed by atoms with Gasteiger partial charge in [0.05, 0.1) is 12.8 Å². The van der Waals surface area contributed by atoms with Crippen LogP contribution in [-0.2, 0) is 6.54 Å². The number of guanidine groups is 1. The summed E-state index contributed by atoms with van der Waals surface area (Å²) in [5, 5.41) is 6.13. The molecule has 3 rings (SSSR count). The van der Waals surface area contributed by atoms with Crippen LogP contribution in [0.1, 0.15) is 54.6 Å². The summed E-state index contributed by atoms with van der Waals surface area (Å²) >= 11 is 0. The van der Waals surface area contributed by atoms with Gasteiger partial charge < -0.3 is 20.8 Å². The number of carbonyl (C=O) groups is 1. The number of hydrogen-bond donors (Lipinski definition) is 3. The van der Waals surface area contributed by atoms with Gasteiger partial charge in [-0.1, -0.05) is 37.8 Å². The quantitative estimate of drug-likeness (QED) is 0.434. The monoisotopic (exact) mass is 354 g/mol. The minimum absolute atomic E-state index is 0.266. The standard InChI is InChI=1S/C20H26N4O2/c21-20(24-16-6-3-1-2-4-7-16)22-14-15-9-11-17(12-10-15)23-19(25)18-8-5-13-26-18/h5,8-13,16H,1-4,6-7,14H2,(H,23,25)(H3,21,22,24). The summed E-state index contributed by atoms with van der Waals surface area (Å²) in [5.74, 6) is 0.528. The van der Waals surface area contributed by atoms with Crippen molar-refractivity contribution in [1.29, 1.82) is 0 Å². The van der Waals surface area contributed by atoms with E-state index in [1.54, 1.807) is 12.1 Å². The lowest BCUT2D eigenvalue weighted by Gasteiger charge is -2.16. The summed E-state index contributed by atoms with van der Waals surface area (Å²) in [6, 6.07) is 11.3. The Bertz CT molecular complexity index is 715. The number of benzene rings is 1. The smallest absolute Gasteiger partial charge is 0.291 e. The molecule has 1 aromatic carbocycles. The van der Waals surface area contributed by atoms with E-state index in [0.29, 0.717) is 24.2 Å². The number of nitrogens with one attached hydrogen (secondary N) is 2. The molecular formula is C20H26N4O2. The predicted octanol–water partition coefficient (Wildman–Crippen LogP) is 3.66. The summed E-state index contributed by atoms with van der Waals surface area (Å²) in [5.41, 5.74) is 7.77. The lowest BCUT2D eigenvalue weighted by Crippen LogP contribution is -2.39. The molecule has 1 fully saturated rings. The van der Waals surface area contributed by atoms with Crippen molar-refractivity contribution in [3.05, 3.63) is 54.0 Å². The molecule has 2 aromatic rings. The third-order valence-corrected chi connectivity index (χ3v) is 4.60. The minimum Gasteiger partial charge on any atom is -0.459 e. The van der Waals surface area contributed by atoms with Crippen molar-refractivity contribution in [2.45, 2.75) is 51.1 Å². The highest BCUT2D eigenvalue weighted by atomic mass is 16.3. The fourth-order valence-corrected chi connectivity index (χ4v) is 3.15. The number of aliphatic imine (C=N–C) groups is 1. The molecule has 0 bridgehead atoms. The maximum atomic E-state index is 11.9. The van der Waals surface area contributed by atoms with Crippen molar-refractivity contribution in [2.24, 2.45) is 10.7 Å². The summed E-state index contributed by atoms with van der Waals surface area (Å²) in [4.78, 5) is 16.4. The van der Waals surface area contributed by atoms with Gasteiger partial charge in [0.2, 0.25) is 0 Å². The second-order valence-corrected chi connectivity index (χ2v) is 6.66. The zero-order valence-electron chi connectivity index (χ0n) is 14.9. The number of furan rings is 1. The molecule has 1 amide bonds. The maximum absolute atomic E-state index is 11.9. The molecule has 0 atom stereocenters. The van der Waals surface area contributed by atoms with Crippen molar-refractivity contribution in [3.63, 3.8) is 0 Å². The number of anilines is 1. The van der Waals surface area contributed by atoms with Gasteiger partial charge in [0.1, 0.15) is 0 Å². The Hall–Kier alpha value is -2.76. The van der Waals surface area contributed by atoms with Crippen LogP contribution in [0.4, 0.5) is 5.69 Å². The van der Waals surface area contributed by atoms with Gasteiger partial charge in [-0.2, -0.15) is 0 Å². The van der Waals surface area contributed by atoms with Gasteiger partial charge in [0.15, 0.2) is 11.7 Å². The zero-order chi connectivity index (χ0) is 18.2. The number of hydrogen-bond acceptors (Lipinski definition) is 3. The van der Waals surface area contributed by atoms with Crippen LogP contribution in [0.5, 0.6) is 0 Å². The van der Waals surface area contributed by atoms with Gasteiger partial charge in [0, 0.05) is 11.7 Å². The number of carbonyl (C=O) groups excluding carboxylic acids is 1. The Labute approximate surface area is 153 Å². The highest BCUT2D eigenvalue weighted by molar-refractivity contribution is 6.02. The van der Waals surface area contributed by atoms with Gasteiger partial charge >= 0.3 is 0 Å². The van der Waals surface area contributed by atoms with Crippen LogP contribution >= 0.6 is 0 Å². The number of rotatable bonds is 5. The first-order chi connectivity index (χ1) is 12.7. The van der Waals surface area contributed by atoms with Crippen molar-refractivity contribution in [1.82, 2.24) is 5.32 Å². The first-order valence-electron chi connectivity index (χ1n) is 9.21. The summed E-state index contributed by atoms with van der Waals surface area (Å²) < 4.78 is 5.08. The van der Waals surface area contributed by atoms with E-state index in [1.165, 1.54) is 44.8 Å². The number of nitrogens with two attached hydrogens (primary N) is 1. The molecule has 6 nitrogen and oxygen atoms in total. The van der Waals surface area contributed by atoms with Crippen molar-refractivity contribution in [3.8, 4) is 0 Å². The predicted molar refractivity (Wildman–Crippen MR) is 103 cm³/mol. The minimum atomic E-state index is -0.266. The third-order valence-electron chi connectivity index (χ3n) is 4.60. The molecular weight excluding hydrogens is 328 g/mol. The SMILES string of the molecule is NC(=NCc1ccc(NC(=O)c2ccco2)cc1)NC1CCCCCC1. The first-order valence-corrected chi connectivity index (χ1v) is 9.21. The van der Waals surface area contributed by atoms with Gasteiger partial charge in [0.25, 0.3) is 5.91 Å². The normalized spacial score (nSPS) is 16.1. The first kappa shape index (κ1) is 18.0. The second kappa shape index (κ2) is 9.08. The van der Waals surface area contributed by atoms with E-state index in [9.17, 15) is 4.79 Å². The topological polar surface area (TPSA) is 92.6 Å². The molecule has 0 saturated heterocycles. The highest BCUT2D eigenvalue weighted by Crippen LogP contribution is 2.17. The summed E-state index contributed by atoms with van der Waals surface area (Å²) in [7, 11) is 0. The Morgan fingerprint density at radius 1 is 1.12 bits per heavy atom. The van der Waals surface area contributed by atoms with Crippen molar-refractivity contribution >= 4 is 17.6 Å². The molecule has 4 N–H and O–H groups in total. The highest BCUT2D eigenvalue weighted by Gasteiger charge is 2.12. The molecule has 1 saturated carbocycles. The van der Waals surface area contributed by atoms with E-state index in [4.69, 9.17) is 10.2 Å². The summed E-state index contributed by atoms with van der Waals surface area (Å²) in [6.07, 6.45) is 8.96. The molecule has 0 unspecified atom stereocenters. The van der Waals surface area contributed by atoms with Crippen LogP contribution in [0.25, 0.3) is 0 Å². The molecule has 0 aliphatic heterocycles. The van der Waals surface area contributed by atoms with Crippen molar-refractivity contribution < 1.29 is 9.21 Å². The van der Waals surface area contributed by atoms with Crippen LogP contribution in [0.3, 0.4) is 0 Å². The molecule has 6 heteroatoms. The lowest BCUT2D eigenvalue weighted by atomic mass is 10.1. The van der Waals surface area contributed by atoms with Crippen LogP contribution in [-0.4, -0.2) is 17.9 Å². The fraction of sp³-hybridized carbons (Fsp3) is 0.400. The molecule has 26 heavy (non-hydrogen) atoms. The van der Waals surface area contributed by atoms with E-state index in [-0.39, 0.29) is 11.7 Å². The number of amides is 1. The molecule has 1 aliphatic rings. The molecule has 1 aliphatic carbocycles. The molecule has 0 radical (unpaired) electrons.